The Balaban J connectivity index is 1.22. The molecule has 0 radical (unpaired) electrons. The lowest BCUT2D eigenvalue weighted by Crippen LogP contribution is -2.35. The van der Waals surface area contributed by atoms with Gasteiger partial charge in [0.05, 0.1) is 17.2 Å². The van der Waals surface area contributed by atoms with Crippen LogP contribution >= 0.6 is 0 Å². The van der Waals surface area contributed by atoms with Gasteiger partial charge >= 0.3 is 12.1 Å². The summed E-state index contributed by atoms with van der Waals surface area (Å²) in [6, 6.07) is 7.76. The van der Waals surface area contributed by atoms with Crippen molar-refractivity contribution < 1.29 is 28.7 Å². The molecule has 1 aromatic heterocycles. The fourth-order valence-corrected chi connectivity index (χ4v) is 5.64. The summed E-state index contributed by atoms with van der Waals surface area (Å²) >= 11 is 0. The standard InChI is InChI=1S/C25H30N2O6/c1-14-19(13-31-25(30)27(2)16-5-3-4-6-16)23(33-26-14)15-7-9-17(10-8-15)32-20-12-11-18-21(20)22(18)24(28)29/h7-10,16,18,20-22H,3-6,11-13H2,1-2H3,(H,28,29). The van der Waals surface area contributed by atoms with Gasteiger partial charge in [-0.1, -0.05) is 18.0 Å². The van der Waals surface area contributed by atoms with Crippen molar-refractivity contribution in [2.45, 2.75) is 64.2 Å². The normalized spacial score (nSPS) is 26.1. The van der Waals surface area contributed by atoms with Crippen LogP contribution in [-0.2, 0) is 16.1 Å². The molecule has 0 saturated heterocycles. The fraction of sp³-hybridized carbons (Fsp3) is 0.560. The molecular formula is C25H30N2O6. The number of ether oxygens (including phenoxy) is 2. The number of carboxylic acids is 1. The molecule has 8 nitrogen and oxygen atoms in total. The highest BCUT2D eigenvalue weighted by Gasteiger charge is 2.62. The largest absolute Gasteiger partial charge is 0.490 e. The number of aromatic nitrogens is 1. The highest BCUT2D eigenvalue weighted by atomic mass is 16.6. The van der Waals surface area contributed by atoms with Crippen LogP contribution in [0.2, 0.25) is 0 Å². The molecule has 0 aliphatic heterocycles. The zero-order valence-corrected chi connectivity index (χ0v) is 19.0. The number of aliphatic carboxylic acids is 1. The third kappa shape index (κ3) is 4.18. The Kier molecular flexibility index (Phi) is 5.76. The van der Waals surface area contributed by atoms with Crippen LogP contribution in [-0.4, -0.2) is 46.4 Å². The van der Waals surface area contributed by atoms with Crippen molar-refractivity contribution in [1.82, 2.24) is 10.1 Å². The molecule has 4 unspecified atom stereocenters. The molecule has 0 bridgehead atoms. The topological polar surface area (TPSA) is 102 Å². The van der Waals surface area contributed by atoms with Crippen LogP contribution in [0.1, 0.15) is 49.8 Å². The number of fused-ring (bicyclic) bond motifs is 1. The van der Waals surface area contributed by atoms with Gasteiger partial charge in [0.2, 0.25) is 0 Å². The summed E-state index contributed by atoms with van der Waals surface area (Å²) in [6.45, 7) is 1.93. The summed E-state index contributed by atoms with van der Waals surface area (Å²) in [5, 5.41) is 13.4. The molecule has 176 valence electrons. The smallest absolute Gasteiger partial charge is 0.410 e. The maximum atomic E-state index is 12.5. The predicted molar refractivity (Wildman–Crippen MR) is 119 cm³/mol. The lowest BCUT2D eigenvalue weighted by molar-refractivity contribution is -0.139. The van der Waals surface area contributed by atoms with Crippen LogP contribution in [0.15, 0.2) is 28.8 Å². The van der Waals surface area contributed by atoms with Crippen LogP contribution in [0.25, 0.3) is 11.3 Å². The first-order valence-corrected chi connectivity index (χ1v) is 11.8. The van der Waals surface area contributed by atoms with Crippen molar-refractivity contribution in [3.8, 4) is 17.1 Å². The van der Waals surface area contributed by atoms with E-state index < -0.39 is 5.97 Å². The molecule has 1 amide bonds. The lowest BCUT2D eigenvalue weighted by atomic mass is 10.1. The van der Waals surface area contributed by atoms with Crippen molar-refractivity contribution >= 4 is 12.1 Å². The second kappa shape index (κ2) is 8.72. The molecular weight excluding hydrogens is 424 g/mol. The first-order valence-electron chi connectivity index (χ1n) is 11.8. The van der Waals surface area contributed by atoms with Crippen molar-refractivity contribution in [2.75, 3.05) is 7.05 Å². The molecule has 5 rings (SSSR count). The SMILES string of the molecule is Cc1noc(-c2ccc(OC3CCC4C(C(=O)O)C34)cc2)c1COC(=O)N(C)C1CCCC1. The number of aryl methyl sites for hydroxylation is 1. The van der Waals surface area contributed by atoms with Gasteiger partial charge in [-0.15, -0.1) is 0 Å². The Morgan fingerprint density at radius 2 is 1.88 bits per heavy atom. The number of carbonyl (C=O) groups excluding carboxylic acids is 1. The Hall–Kier alpha value is -3.03. The number of carbonyl (C=O) groups is 2. The minimum atomic E-state index is -0.711. The molecule has 3 aliphatic rings. The van der Waals surface area contributed by atoms with Crippen LogP contribution in [0.5, 0.6) is 5.75 Å². The van der Waals surface area contributed by atoms with Gasteiger partial charge in [0.15, 0.2) is 5.76 Å². The van der Waals surface area contributed by atoms with Gasteiger partial charge in [-0.25, -0.2) is 4.79 Å². The average molecular weight is 455 g/mol. The van der Waals surface area contributed by atoms with Crippen molar-refractivity contribution in [2.24, 2.45) is 17.8 Å². The zero-order chi connectivity index (χ0) is 23.1. The highest BCUT2D eigenvalue weighted by Crippen LogP contribution is 2.58. The van der Waals surface area contributed by atoms with E-state index in [1.807, 2.05) is 31.2 Å². The van der Waals surface area contributed by atoms with Gasteiger partial charge in [-0.3, -0.25) is 4.79 Å². The van der Waals surface area contributed by atoms with Crippen molar-refractivity contribution in [3.63, 3.8) is 0 Å². The second-order valence-electron chi connectivity index (χ2n) is 9.54. The number of hydrogen-bond donors (Lipinski definition) is 1. The Morgan fingerprint density at radius 3 is 2.55 bits per heavy atom. The van der Waals surface area contributed by atoms with Crippen LogP contribution in [0.3, 0.4) is 0 Å². The van der Waals surface area contributed by atoms with Gasteiger partial charge in [0.1, 0.15) is 18.5 Å². The summed E-state index contributed by atoms with van der Waals surface area (Å²) in [4.78, 5) is 25.5. The Bertz CT molecular complexity index is 1030. The summed E-state index contributed by atoms with van der Waals surface area (Å²) in [6.07, 6.45) is 5.80. The third-order valence-electron chi connectivity index (χ3n) is 7.62. The van der Waals surface area contributed by atoms with Crippen LogP contribution < -0.4 is 4.74 Å². The second-order valence-corrected chi connectivity index (χ2v) is 9.54. The van der Waals surface area contributed by atoms with Crippen LogP contribution in [0.4, 0.5) is 4.79 Å². The molecule has 8 heteroatoms. The molecule has 1 aromatic carbocycles. The van der Waals surface area contributed by atoms with E-state index in [0.29, 0.717) is 17.2 Å². The van der Waals surface area contributed by atoms with E-state index in [9.17, 15) is 14.7 Å². The molecule has 1 heterocycles. The van der Waals surface area contributed by atoms with E-state index in [1.165, 1.54) is 0 Å². The van der Waals surface area contributed by atoms with Crippen LogP contribution in [0, 0.1) is 24.7 Å². The van der Waals surface area contributed by atoms with E-state index in [0.717, 1.165) is 49.7 Å². The molecule has 3 fully saturated rings. The summed E-state index contributed by atoms with van der Waals surface area (Å²) in [5.41, 5.74) is 2.25. The number of carboxylic acid groups (broad SMARTS) is 1. The number of rotatable bonds is 7. The Morgan fingerprint density at radius 1 is 1.15 bits per heavy atom. The maximum Gasteiger partial charge on any atom is 0.410 e. The van der Waals surface area contributed by atoms with Gasteiger partial charge in [0.25, 0.3) is 0 Å². The molecule has 1 N–H and O–H groups in total. The van der Waals surface area contributed by atoms with E-state index >= 15 is 0 Å². The fourth-order valence-electron chi connectivity index (χ4n) is 5.64. The predicted octanol–water partition coefficient (Wildman–Crippen LogP) is 4.65. The van der Waals surface area contributed by atoms with E-state index in [1.54, 1.807) is 11.9 Å². The molecule has 2 aromatic rings. The third-order valence-corrected chi connectivity index (χ3v) is 7.62. The van der Waals surface area contributed by atoms with E-state index in [2.05, 4.69) is 5.16 Å². The van der Waals surface area contributed by atoms with Gasteiger partial charge < -0.3 is 24.0 Å². The highest BCUT2D eigenvalue weighted by molar-refractivity contribution is 5.75. The first-order chi connectivity index (χ1) is 15.9. The minimum Gasteiger partial charge on any atom is -0.490 e. The number of nitrogens with zero attached hydrogens (tertiary/aromatic N) is 2. The maximum absolute atomic E-state index is 12.5. The molecule has 3 aliphatic carbocycles. The molecule has 4 atom stereocenters. The Labute approximate surface area is 192 Å². The van der Waals surface area contributed by atoms with Crippen molar-refractivity contribution in [3.05, 3.63) is 35.5 Å². The molecule has 3 saturated carbocycles. The van der Waals surface area contributed by atoms with E-state index in [-0.39, 0.29) is 42.6 Å². The summed E-state index contributed by atoms with van der Waals surface area (Å²) in [7, 11) is 1.80. The molecule has 0 spiro atoms. The van der Waals surface area contributed by atoms with E-state index in [4.69, 9.17) is 14.0 Å². The summed E-state index contributed by atoms with van der Waals surface area (Å²) < 4.78 is 17.2. The number of benzene rings is 1. The van der Waals surface area contributed by atoms with Gasteiger partial charge in [-0.2, -0.15) is 0 Å². The van der Waals surface area contributed by atoms with Gasteiger partial charge in [0, 0.05) is 24.6 Å². The minimum absolute atomic E-state index is 0.0405. The first kappa shape index (κ1) is 21.8. The monoisotopic (exact) mass is 454 g/mol. The number of hydrogen-bond acceptors (Lipinski definition) is 6. The van der Waals surface area contributed by atoms with Gasteiger partial charge in [-0.05, 0) is 62.8 Å². The zero-order valence-electron chi connectivity index (χ0n) is 19.0. The number of amides is 1. The molecule has 33 heavy (non-hydrogen) atoms. The average Bonchev–Trinajstić information content (AvgIpc) is 3.17. The quantitative estimate of drug-likeness (QED) is 0.650. The summed E-state index contributed by atoms with van der Waals surface area (Å²) in [5.74, 6) is 0.715. The van der Waals surface area contributed by atoms with Crippen molar-refractivity contribution in [1.29, 1.82) is 0 Å². The lowest BCUT2D eigenvalue weighted by Gasteiger charge is -2.23.